The molecule has 3 atom stereocenters. The fourth-order valence-electron chi connectivity index (χ4n) is 4.23. The van der Waals surface area contributed by atoms with E-state index in [9.17, 15) is 9.90 Å². The van der Waals surface area contributed by atoms with Crippen LogP contribution in [0.3, 0.4) is 0 Å². The fraction of sp³-hybridized carbons (Fsp3) is 0.483. The Balaban J connectivity index is 2.16. The van der Waals surface area contributed by atoms with Crippen molar-refractivity contribution in [3.8, 4) is 17.2 Å². The van der Waals surface area contributed by atoms with Crippen LogP contribution in [0.2, 0.25) is 0 Å². The van der Waals surface area contributed by atoms with Gasteiger partial charge in [-0.3, -0.25) is 4.79 Å². The van der Waals surface area contributed by atoms with E-state index in [2.05, 4.69) is 39.0 Å². The average Bonchev–Trinajstić information content (AvgIpc) is 2.85. The van der Waals surface area contributed by atoms with Gasteiger partial charge < -0.3 is 23.7 Å². The molecule has 0 aliphatic rings. The highest BCUT2D eigenvalue weighted by atomic mass is 16.5. The lowest BCUT2D eigenvalue weighted by molar-refractivity contribution is 0.0857. The molecule has 0 amide bonds. The number of hydrogen-bond acceptors (Lipinski definition) is 6. The second-order valence-corrected chi connectivity index (χ2v) is 9.15. The molecule has 0 bridgehead atoms. The molecule has 192 valence electrons. The van der Waals surface area contributed by atoms with E-state index < -0.39 is 0 Å². The first kappa shape index (κ1) is 28.2. The summed E-state index contributed by atoms with van der Waals surface area (Å²) >= 11 is 0. The quantitative estimate of drug-likeness (QED) is 0.346. The number of allylic oxidation sites excluding steroid dienone is 5. The Labute approximate surface area is 208 Å². The number of aromatic hydroxyl groups is 1. The lowest BCUT2D eigenvalue weighted by atomic mass is 9.89. The van der Waals surface area contributed by atoms with Crippen LogP contribution in [-0.4, -0.2) is 32.5 Å². The van der Waals surface area contributed by atoms with E-state index in [1.54, 1.807) is 14.0 Å². The van der Waals surface area contributed by atoms with Gasteiger partial charge in [0.25, 0.3) is 0 Å². The molecule has 0 unspecified atom stereocenters. The number of methoxy groups -OCH3 is 3. The van der Waals surface area contributed by atoms with E-state index in [1.165, 1.54) is 25.9 Å². The van der Waals surface area contributed by atoms with Gasteiger partial charge in [0.05, 0.1) is 20.3 Å². The predicted octanol–water partition coefficient (Wildman–Crippen LogP) is 6.51. The van der Waals surface area contributed by atoms with Crippen molar-refractivity contribution >= 4 is 11.0 Å². The third-order valence-corrected chi connectivity index (χ3v) is 6.53. The van der Waals surface area contributed by atoms with Crippen LogP contribution < -0.4 is 14.9 Å². The van der Waals surface area contributed by atoms with Crippen molar-refractivity contribution in [3.63, 3.8) is 0 Å². The summed E-state index contributed by atoms with van der Waals surface area (Å²) in [6.07, 6.45) is 12.7. The molecule has 0 radical (unpaired) electrons. The molecule has 2 rings (SSSR count). The van der Waals surface area contributed by atoms with Gasteiger partial charge in [-0.15, -0.1) is 0 Å². The number of phenols is 1. The van der Waals surface area contributed by atoms with Crippen LogP contribution in [0.1, 0.15) is 51.9 Å². The molecule has 1 aromatic heterocycles. The van der Waals surface area contributed by atoms with E-state index in [0.717, 1.165) is 12.8 Å². The smallest absolute Gasteiger partial charge is 0.202 e. The third kappa shape index (κ3) is 7.01. The minimum absolute atomic E-state index is 0.0187. The summed E-state index contributed by atoms with van der Waals surface area (Å²) in [7, 11) is 4.65. The van der Waals surface area contributed by atoms with Crippen molar-refractivity contribution < 1.29 is 23.7 Å². The van der Waals surface area contributed by atoms with Crippen molar-refractivity contribution in [1.29, 1.82) is 0 Å². The maximum atomic E-state index is 13.1. The third-order valence-electron chi connectivity index (χ3n) is 6.53. The van der Waals surface area contributed by atoms with E-state index in [-0.39, 0.29) is 34.0 Å². The van der Waals surface area contributed by atoms with Gasteiger partial charge in [0.1, 0.15) is 16.9 Å². The monoisotopic (exact) mass is 484 g/mol. The summed E-state index contributed by atoms with van der Waals surface area (Å²) in [6.45, 7) is 10.2. The van der Waals surface area contributed by atoms with Gasteiger partial charge >= 0.3 is 0 Å². The van der Waals surface area contributed by atoms with Crippen LogP contribution in [0.25, 0.3) is 11.0 Å². The molecule has 0 saturated heterocycles. The number of hydrogen-bond donors (Lipinski definition) is 1. The van der Waals surface area contributed by atoms with Crippen LogP contribution in [0, 0.1) is 18.8 Å². The van der Waals surface area contributed by atoms with Gasteiger partial charge in [-0.1, -0.05) is 49.8 Å². The molecule has 0 spiro atoms. The zero-order valence-electron chi connectivity index (χ0n) is 22.3. The van der Waals surface area contributed by atoms with Crippen molar-refractivity contribution in [2.24, 2.45) is 11.8 Å². The molecule has 35 heavy (non-hydrogen) atoms. The zero-order valence-corrected chi connectivity index (χ0v) is 22.3. The summed E-state index contributed by atoms with van der Waals surface area (Å²) in [5.74, 6) is 1.59. The molecular weight excluding hydrogens is 444 g/mol. The van der Waals surface area contributed by atoms with Crippen molar-refractivity contribution in [2.45, 2.75) is 60.0 Å². The second-order valence-electron chi connectivity index (χ2n) is 9.15. The Hall–Kier alpha value is -2.99. The Morgan fingerprint density at radius 2 is 1.83 bits per heavy atom. The SMILES string of the molecule is C/C=C(C)/C=C/C=C/[C@H](OC)[C@@H](C)C[C@@H](C)CCc1oc2c(O)c(OC)cc(OC)c2c(=O)c1C. The van der Waals surface area contributed by atoms with E-state index in [1.807, 2.05) is 19.1 Å². The topological polar surface area (TPSA) is 78.1 Å². The number of ether oxygens (including phenoxy) is 3. The molecule has 0 aliphatic carbocycles. The number of aryl methyl sites for hydroxylation is 1. The van der Waals surface area contributed by atoms with Crippen molar-refractivity contribution in [1.82, 2.24) is 0 Å². The van der Waals surface area contributed by atoms with Crippen LogP contribution in [0.15, 0.2) is 51.2 Å². The largest absolute Gasteiger partial charge is 0.502 e. The Kier molecular flexibility index (Phi) is 10.6. The highest BCUT2D eigenvalue weighted by Gasteiger charge is 2.22. The summed E-state index contributed by atoms with van der Waals surface area (Å²) in [5.41, 5.74) is 1.63. The number of phenolic OH excluding ortho intramolecular Hbond substituents is 1. The first-order valence-electron chi connectivity index (χ1n) is 12.1. The van der Waals surface area contributed by atoms with Crippen molar-refractivity contribution in [3.05, 3.63) is 63.6 Å². The Morgan fingerprint density at radius 3 is 2.43 bits per heavy atom. The summed E-state index contributed by atoms with van der Waals surface area (Å²) in [4.78, 5) is 13.1. The maximum absolute atomic E-state index is 13.1. The predicted molar refractivity (Wildman–Crippen MR) is 142 cm³/mol. The van der Waals surface area contributed by atoms with Crippen LogP contribution in [-0.2, 0) is 11.2 Å². The van der Waals surface area contributed by atoms with Gasteiger partial charge in [0.2, 0.25) is 5.75 Å². The van der Waals surface area contributed by atoms with Crippen LogP contribution >= 0.6 is 0 Å². The average molecular weight is 485 g/mol. The normalized spacial score (nSPS) is 15.1. The summed E-state index contributed by atoms with van der Waals surface area (Å²) in [6, 6.07) is 1.50. The summed E-state index contributed by atoms with van der Waals surface area (Å²) in [5, 5.41) is 10.8. The number of rotatable bonds is 12. The molecule has 1 aromatic carbocycles. The molecule has 6 heteroatoms. The summed E-state index contributed by atoms with van der Waals surface area (Å²) < 4.78 is 22.3. The van der Waals surface area contributed by atoms with E-state index in [4.69, 9.17) is 18.6 Å². The van der Waals surface area contributed by atoms with E-state index in [0.29, 0.717) is 35.3 Å². The Bertz CT molecular complexity index is 1140. The van der Waals surface area contributed by atoms with Gasteiger partial charge in [-0.25, -0.2) is 0 Å². The van der Waals surface area contributed by atoms with Gasteiger partial charge in [0.15, 0.2) is 16.8 Å². The molecule has 1 heterocycles. The molecule has 0 saturated carbocycles. The molecule has 1 N–H and O–H groups in total. The minimum Gasteiger partial charge on any atom is -0.502 e. The zero-order chi connectivity index (χ0) is 26.1. The van der Waals surface area contributed by atoms with Crippen molar-refractivity contribution in [2.75, 3.05) is 21.3 Å². The lowest BCUT2D eigenvalue weighted by Gasteiger charge is -2.23. The standard InChI is InChI=1S/C29H40O6/c1-9-18(2)12-10-11-13-22(32-6)20(4)16-19(3)14-15-23-21(5)27(30)26-24(33-7)17-25(34-8)28(31)29(26)35-23/h9-13,17,19-20,22,31H,14-16H2,1-8H3/b12-10+,13-11+,18-9+/t19-,20-,22-/m0/s1. The number of benzene rings is 1. The van der Waals surface area contributed by atoms with Crippen LogP contribution in [0.4, 0.5) is 0 Å². The van der Waals surface area contributed by atoms with E-state index >= 15 is 0 Å². The highest BCUT2D eigenvalue weighted by Crippen LogP contribution is 2.40. The Morgan fingerprint density at radius 1 is 1.14 bits per heavy atom. The minimum atomic E-state index is -0.206. The maximum Gasteiger partial charge on any atom is 0.202 e. The van der Waals surface area contributed by atoms with Crippen LogP contribution in [0.5, 0.6) is 17.2 Å². The molecular formula is C29H40O6. The number of fused-ring (bicyclic) bond motifs is 1. The van der Waals surface area contributed by atoms with Gasteiger partial charge in [-0.2, -0.15) is 0 Å². The highest BCUT2D eigenvalue weighted by molar-refractivity contribution is 5.91. The van der Waals surface area contributed by atoms with Gasteiger partial charge in [0, 0.05) is 25.2 Å². The molecule has 0 fully saturated rings. The molecule has 0 aliphatic heterocycles. The second kappa shape index (κ2) is 13.2. The molecule has 2 aromatic rings. The van der Waals surface area contributed by atoms with Gasteiger partial charge in [-0.05, 0) is 45.4 Å². The first-order chi connectivity index (χ1) is 16.7. The first-order valence-corrected chi connectivity index (χ1v) is 12.1. The fourth-order valence-corrected chi connectivity index (χ4v) is 4.23. The molecule has 6 nitrogen and oxygen atoms in total. The lowest BCUT2D eigenvalue weighted by Crippen LogP contribution is -2.20.